The molecule has 196 valence electrons. The average Bonchev–Trinajstić information content (AvgIpc) is 2.95. The van der Waals surface area contributed by atoms with Gasteiger partial charge in [-0.15, -0.1) is 0 Å². The third kappa shape index (κ3) is 8.04. The zero-order valence-electron chi connectivity index (χ0n) is 22.2. The maximum Gasteiger partial charge on any atom is 0.193 e. The second kappa shape index (κ2) is 14.1. The molecule has 0 saturated carbocycles. The number of ether oxygens (including phenoxy) is 2. The number of hydrogen-bond donors (Lipinski definition) is 2. The number of nitrogens with one attached hydrogen (secondary N) is 2. The lowest BCUT2D eigenvalue weighted by atomic mass is 10.0. The first-order valence-corrected chi connectivity index (χ1v) is 13.1. The minimum Gasteiger partial charge on any atom is -0.492 e. The Balaban J connectivity index is 1.16. The van der Waals surface area contributed by atoms with Crippen LogP contribution in [0.1, 0.15) is 38.2 Å². The molecule has 5 heteroatoms. The van der Waals surface area contributed by atoms with Crippen LogP contribution in [0.25, 0.3) is 0 Å². The first kappa shape index (κ1) is 27.1. The monoisotopic (exact) mass is 508 g/mol. The molecule has 4 aromatic carbocycles. The molecule has 0 aliphatic carbocycles. The molecule has 4 aromatic rings. The molecule has 0 saturated heterocycles. The molecule has 0 unspecified atom stereocenters. The Labute approximate surface area is 225 Å². The predicted molar refractivity (Wildman–Crippen MR) is 153 cm³/mol. The highest BCUT2D eigenvalue weighted by atomic mass is 16.5. The van der Waals surface area contributed by atoms with E-state index in [1.807, 2.05) is 48.5 Å². The molecule has 0 amide bonds. The highest BCUT2D eigenvalue weighted by molar-refractivity contribution is 6.09. The molecule has 0 spiro atoms. The fourth-order valence-corrected chi connectivity index (χ4v) is 4.12. The number of ketones is 1. The highest BCUT2D eigenvalue weighted by Crippen LogP contribution is 2.18. The van der Waals surface area contributed by atoms with E-state index in [0.29, 0.717) is 24.3 Å². The standard InChI is InChI=1S/C33H36N2O3/c1-25-7-3-5-9-29(25)23-34-19-21-37-31-15-11-27(12-16-31)33(36)28-13-17-32(18-14-28)38-22-20-35-24-30-10-6-4-8-26(30)2/h3-18,34-35H,19-24H2,1-2H3. The summed E-state index contributed by atoms with van der Waals surface area (Å²) in [6.07, 6.45) is 0. The van der Waals surface area contributed by atoms with Crippen molar-refractivity contribution < 1.29 is 14.3 Å². The van der Waals surface area contributed by atoms with Crippen molar-refractivity contribution in [1.29, 1.82) is 0 Å². The van der Waals surface area contributed by atoms with Crippen LogP contribution in [-0.2, 0) is 13.1 Å². The van der Waals surface area contributed by atoms with Gasteiger partial charge in [-0.05, 0) is 84.6 Å². The minimum atomic E-state index is -0.0251. The van der Waals surface area contributed by atoms with E-state index >= 15 is 0 Å². The Bertz CT molecular complexity index is 1200. The van der Waals surface area contributed by atoms with Crippen molar-refractivity contribution in [3.8, 4) is 11.5 Å². The first-order chi connectivity index (χ1) is 18.6. The summed E-state index contributed by atoms with van der Waals surface area (Å²) in [5.41, 5.74) is 6.41. The van der Waals surface area contributed by atoms with Gasteiger partial charge in [-0.3, -0.25) is 4.79 Å². The zero-order valence-corrected chi connectivity index (χ0v) is 22.2. The van der Waals surface area contributed by atoms with E-state index in [1.54, 1.807) is 0 Å². The van der Waals surface area contributed by atoms with Gasteiger partial charge < -0.3 is 20.1 Å². The van der Waals surface area contributed by atoms with Crippen molar-refractivity contribution in [1.82, 2.24) is 10.6 Å². The van der Waals surface area contributed by atoms with Crippen LogP contribution in [0.4, 0.5) is 0 Å². The number of hydrogen-bond acceptors (Lipinski definition) is 5. The molecule has 0 aromatic heterocycles. The van der Waals surface area contributed by atoms with Gasteiger partial charge in [0.05, 0.1) is 0 Å². The van der Waals surface area contributed by atoms with Crippen molar-refractivity contribution >= 4 is 5.78 Å². The molecule has 38 heavy (non-hydrogen) atoms. The number of aryl methyl sites for hydroxylation is 2. The maximum atomic E-state index is 12.9. The van der Waals surface area contributed by atoms with Gasteiger partial charge in [-0.2, -0.15) is 0 Å². The fraction of sp³-hybridized carbons (Fsp3) is 0.242. The summed E-state index contributed by atoms with van der Waals surface area (Å²) in [7, 11) is 0. The Hall–Kier alpha value is -3.93. The number of benzene rings is 4. The van der Waals surface area contributed by atoms with Crippen molar-refractivity contribution in [2.24, 2.45) is 0 Å². The van der Waals surface area contributed by atoms with Gasteiger partial charge >= 0.3 is 0 Å². The lowest BCUT2D eigenvalue weighted by Gasteiger charge is -2.10. The van der Waals surface area contributed by atoms with E-state index in [9.17, 15) is 4.79 Å². The quantitative estimate of drug-likeness (QED) is 0.165. The SMILES string of the molecule is Cc1ccccc1CNCCOc1ccc(C(=O)c2ccc(OCCNCc3ccccc3C)cc2)cc1. The number of carbonyl (C=O) groups excluding carboxylic acids is 1. The summed E-state index contributed by atoms with van der Waals surface area (Å²) in [5, 5.41) is 6.81. The highest BCUT2D eigenvalue weighted by Gasteiger charge is 2.09. The van der Waals surface area contributed by atoms with E-state index in [4.69, 9.17) is 9.47 Å². The molecule has 0 aliphatic heterocycles. The van der Waals surface area contributed by atoms with E-state index in [0.717, 1.165) is 37.7 Å². The van der Waals surface area contributed by atoms with Crippen LogP contribution in [0.2, 0.25) is 0 Å². The van der Waals surface area contributed by atoms with E-state index in [-0.39, 0.29) is 5.78 Å². The van der Waals surface area contributed by atoms with E-state index in [1.165, 1.54) is 22.3 Å². The zero-order chi connectivity index (χ0) is 26.6. The van der Waals surface area contributed by atoms with Crippen molar-refractivity contribution in [3.05, 3.63) is 130 Å². The Kier molecular flexibility index (Phi) is 10.1. The minimum absolute atomic E-state index is 0.0251. The van der Waals surface area contributed by atoms with Crippen LogP contribution >= 0.6 is 0 Å². The lowest BCUT2D eigenvalue weighted by Crippen LogP contribution is -2.21. The smallest absolute Gasteiger partial charge is 0.193 e. The number of carbonyl (C=O) groups is 1. The van der Waals surface area contributed by atoms with Crippen molar-refractivity contribution in [2.45, 2.75) is 26.9 Å². The van der Waals surface area contributed by atoms with Crippen LogP contribution in [0.15, 0.2) is 97.1 Å². The van der Waals surface area contributed by atoms with E-state index in [2.05, 4.69) is 73.0 Å². The Morgan fingerprint density at radius 3 is 1.37 bits per heavy atom. The molecule has 0 bridgehead atoms. The van der Waals surface area contributed by atoms with E-state index < -0.39 is 0 Å². The van der Waals surface area contributed by atoms with Gasteiger partial charge in [0, 0.05) is 37.3 Å². The largest absolute Gasteiger partial charge is 0.492 e. The number of rotatable bonds is 14. The normalized spacial score (nSPS) is 10.8. The molecule has 2 N–H and O–H groups in total. The molecule has 0 radical (unpaired) electrons. The van der Waals surface area contributed by atoms with Gasteiger partial charge in [0.2, 0.25) is 0 Å². The second-order valence-electron chi connectivity index (χ2n) is 9.28. The molecule has 5 nitrogen and oxygen atoms in total. The molecule has 0 atom stereocenters. The van der Waals surface area contributed by atoms with Gasteiger partial charge in [-0.25, -0.2) is 0 Å². The van der Waals surface area contributed by atoms with Crippen molar-refractivity contribution in [2.75, 3.05) is 26.3 Å². The average molecular weight is 509 g/mol. The molecule has 0 fully saturated rings. The van der Waals surface area contributed by atoms with Gasteiger partial charge in [0.1, 0.15) is 24.7 Å². The van der Waals surface area contributed by atoms with Crippen molar-refractivity contribution in [3.63, 3.8) is 0 Å². The molecule has 4 rings (SSSR count). The summed E-state index contributed by atoms with van der Waals surface area (Å²) in [4.78, 5) is 12.9. The van der Waals surface area contributed by atoms with Gasteiger partial charge in [0.15, 0.2) is 5.78 Å². The summed E-state index contributed by atoms with van der Waals surface area (Å²) in [6.45, 7) is 8.47. The summed E-state index contributed by atoms with van der Waals surface area (Å²) in [6, 6.07) is 31.3. The van der Waals surface area contributed by atoms with Crippen LogP contribution in [0, 0.1) is 13.8 Å². The van der Waals surface area contributed by atoms with Crippen LogP contribution in [0.5, 0.6) is 11.5 Å². The van der Waals surface area contributed by atoms with Crippen LogP contribution in [0.3, 0.4) is 0 Å². The maximum absolute atomic E-state index is 12.9. The predicted octanol–water partition coefficient (Wildman–Crippen LogP) is 5.87. The summed E-state index contributed by atoms with van der Waals surface area (Å²) in [5.74, 6) is 1.47. The van der Waals surface area contributed by atoms with Crippen LogP contribution < -0.4 is 20.1 Å². The molecule has 0 aliphatic rings. The third-order valence-corrected chi connectivity index (χ3v) is 6.48. The lowest BCUT2D eigenvalue weighted by molar-refractivity contribution is 0.103. The Morgan fingerprint density at radius 1 is 0.579 bits per heavy atom. The fourth-order valence-electron chi connectivity index (χ4n) is 4.12. The molecule has 0 heterocycles. The Morgan fingerprint density at radius 2 is 0.974 bits per heavy atom. The molecular weight excluding hydrogens is 472 g/mol. The van der Waals surface area contributed by atoms with Gasteiger partial charge in [-0.1, -0.05) is 48.5 Å². The second-order valence-corrected chi connectivity index (χ2v) is 9.28. The first-order valence-electron chi connectivity index (χ1n) is 13.1. The van der Waals surface area contributed by atoms with Gasteiger partial charge in [0.25, 0.3) is 0 Å². The summed E-state index contributed by atoms with van der Waals surface area (Å²) >= 11 is 0. The topological polar surface area (TPSA) is 59.6 Å². The third-order valence-electron chi connectivity index (χ3n) is 6.48. The molecular formula is C33H36N2O3. The van der Waals surface area contributed by atoms with Crippen LogP contribution in [-0.4, -0.2) is 32.1 Å². The summed E-state index contributed by atoms with van der Waals surface area (Å²) < 4.78 is 11.6.